The molecule has 1 aliphatic rings. The van der Waals surface area contributed by atoms with Crippen molar-refractivity contribution in [2.45, 2.75) is 6.42 Å². The summed E-state index contributed by atoms with van der Waals surface area (Å²) in [6, 6.07) is 8.98. The molecule has 4 nitrogen and oxygen atoms in total. The van der Waals surface area contributed by atoms with E-state index in [0.717, 1.165) is 17.7 Å². The van der Waals surface area contributed by atoms with Crippen LogP contribution in [0.15, 0.2) is 46.8 Å². The molecule has 1 amide bonds. The van der Waals surface area contributed by atoms with Gasteiger partial charge >= 0.3 is 0 Å². The molecular formula is C13H14N2O2S. The number of nitrogens with two attached hydrogens (primary N) is 1. The predicted molar refractivity (Wildman–Crippen MR) is 73.5 cm³/mol. The van der Waals surface area contributed by atoms with Crippen molar-refractivity contribution < 1.29 is 9.53 Å². The van der Waals surface area contributed by atoms with Gasteiger partial charge in [0.2, 0.25) is 0 Å². The first-order chi connectivity index (χ1) is 8.72. The Bertz CT molecular complexity index is 509. The standard InChI is InChI=1S/C13H14N2O2S/c1-17-11(14)10-7-8-18-13(10)15-12(16)9-5-3-2-4-6-9/h2-6H,7-8,14H2,1H3/b11-10+,15-13?. The van der Waals surface area contributed by atoms with Crippen molar-refractivity contribution in [3.05, 3.63) is 47.4 Å². The van der Waals surface area contributed by atoms with Crippen LogP contribution in [0, 0.1) is 0 Å². The maximum absolute atomic E-state index is 12.0. The molecule has 1 saturated heterocycles. The van der Waals surface area contributed by atoms with E-state index < -0.39 is 0 Å². The van der Waals surface area contributed by atoms with Crippen LogP contribution in [0.4, 0.5) is 0 Å². The molecule has 1 fully saturated rings. The van der Waals surface area contributed by atoms with Gasteiger partial charge in [-0.25, -0.2) is 4.99 Å². The van der Waals surface area contributed by atoms with Crippen LogP contribution in [-0.4, -0.2) is 23.8 Å². The van der Waals surface area contributed by atoms with E-state index in [-0.39, 0.29) is 5.91 Å². The lowest BCUT2D eigenvalue weighted by Gasteiger charge is -2.04. The van der Waals surface area contributed by atoms with Gasteiger partial charge in [-0.3, -0.25) is 4.79 Å². The number of rotatable bonds is 2. The van der Waals surface area contributed by atoms with Crippen LogP contribution in [0.1, 0.15) is 16.8 Å². The maximum Gasteiger partial charge on any atom is 0.278 e. The highest BCUT2D eigenvalue weighted by molar-refractivity contribution is 8.14. The molecule has 94 valence electrons. The zero-order chi connectivity index (χ0) is 13.0. The first-order valence-electron chi connectivity index (χ1n) is 5.56. The minimum absolute atomic E-state index is 0.249. The lowest BCUT2D eigenvalue weighted by atomic mass is 10.2. The number of amides is 1. The molecule has 0 saturated carbocycles. The van der Waals surface area contributed by atoms with Gasteiger partial charge in [0.25, 0.3) is 5.91 Å². The molecule has 1 aromatic carbocycles. The Hall–Kier alpha value is -1.75. The quantitative estimate of drug-likeness (QED) is 0.830. The number of carbonyl (C=O) groups excluding carboxylic acids is 1. The second-order valence-electron chi connectivity index (χ2n) is 3.73. The summed E-state index contributed by atoms with van der Waals surface area (Å²) < 4.78 is 5.00. The zero-order valence-electron chi connectivity index (χ0n) is 10.1. The third-order valence-corrected chi connectivity index (χ3v) is 3.61. The van der Waals surface area contributed by atoms with Crippen molar-refractivity contribution in [1.82, 2.24) is 0 Å². The Kier molecular flexibility index (Phi) is 4.04. The molecule has 1 aromatic rings. The fraction of sp³-hybridized carbons (Fsp3) is 0.231. The molecule has 0 spiro atoms. The molecular weight excluding hydrogens is 248 g/mol. The van der Waals surface area contributed by atoms with Crippen molar-refractivity contribution in [3.63, 3.8) is 0 Å². The average Bonchev–Trinajstić information content (AvgIpc) is 2.87. The number of methoxy groups -OCH3 is 1. The molecule has 2 N–H and O–H groups in total. The fourth-order valence-electron chi connectivity index (χ4n) is 1.63. The van der Waals surface area contributed by atoms with Crippen molar-refractivity contribution in [2.75, 3.05) is 12.9 Å². The third kappa shape index (κ3) is 2.73. The molecule has 5 heteroatoms. The molecule has 0 aromatic heterocycles. The van der Waals surface area contributed by atoms with Crippen LogP contribution in [0.2, 0.25) is 0 Å². The van der Waals surface area contributed by atoms with E-state index in [9.17, 15) is 4.79 Å². The number of carbonyl (C=O) groups is 1. The van der Waals surface area contributed by atoms with Crippen LogP contribution in [0.3, 0.4) is 0 Å². The molecule has 0 aliphatic carbocycles. The summed E-state index contributed by atoms with van der Waals surface area (Å²) in [5, 5.41) is 0.670. The van der Waals surface area contributed by atoms with Crippen LogP contribution in [0.25, 0.3) is 0 Å². The lowest BCUT2D eigenvalue weighted by molar-refractivity contribution is 0.100. The first kappa shape index (κ1) is 12.7. The minimum Gasteiger partial charge on any atom is -0.482 e. The van der Waals surface area contributed by atoms with E-state index in [2.05, 4.69) is 4.99 Å². The SMILES string of the molecule is CO/C(N)=C1\CCSC1=NC(=O)c1ccccc1. The van der Waals surface area contributed by atoms with Gasteiger partial charge in [-0.15, -0.1) is 11.8 Å². The molecule has 1 heterocycles. The molecule has 0 radical (unpaired) electrons. The molecule has 2 rings (SSSR count). The summed E-state index contributed by atoms with van der Waals surface area (Å²) in [6.07, 6.45) is 0.783. The zero-order valence-corrected chi connectivity index (χ0v) is 10.9. The Morgan fingerprint density at radius 3 is 2.78 bits per heavy atom. The number of hydrogen-bond donors (Lipinski definition) is 1. The van der Waals surface area contributed by atoms with Gasteiger partial charge in [-0.2, -0.15) is 0 Å². The summed E-state index contributed by atoms with van der Waals surface area (Å²) in [5.74, 6) is 0.973. The van der Waals surface area contributed by atoms with Gasteiger partial charge in [-0.1, -0.05) is 18.2 Å². The Balaban J connectivity index is 2.26. The molecule has 0 unspecified atom stereocenters. The number of ether oxygens (including phenoxy) is 1. The van der Waals surface area contributed by atoms with Gasteiger partial charge in [0, 0.05) is 16.9 Å². The lowest BCUT2D eigenvalue weighted by Crippen LogP contribution is -2.08. The predicted octanol–water partition coefficient (Wildman–Crippen LogP) is 2.18. The Morgan fingerprint density at radius 2 is 2.11 bits per heavy atom. The van der Waals surface area contributed by atoms with Crippen molar-refractivity contribution in [3.8, 4) is 0 Å². The van der Waals surface area contributed by atoms with Crippen LogP contribution in [0.5, 0.6) is 0 Å². The Labute approximate surface area is 110 Å². The van der Waals surface area contributed by atoms with Gasteiger partial charge < -0.3 is 10.5 Å². The summed E-state index contributed by atoms with van der Waals surface area (Å²) in [6.45, 7) is 0. The van der Waals surface area contributed by atoms with E-state index in [4.69, 9.17) is 10.5 Å². The topological polar surface area (TPSA) is 64.7 Å². The van der Waals surface area contributed by atoms with E-state index in [1.807, 2.05) is 18.2 Å². The highest BCUT2D eigenvalue weighted by Crippen LogP contribution is 2.28. The van der Waals surface area contributed by atoms with Crippen LogP contribution < -0.4 is 5.73 Å². The molecule has 0 bridgehead atoms. The minimum atomic E-state index is -0.249. The number of thioether (sulfide) groups is 1. The first-order valence-corrected chi connectivity index (χ1v) is 6.55. The second kappa shape index (κ2) is 5.73. The van der Waals surface area contributed by atoms with Gasteiger partial charge in [0.05, 0.1) is 7.11 Å². The monoisotopic (exact) mass is 262 g/mol. The second-order valence-corrected chi connectivity index (χ2v) is 4.82. The van der Waals surface area contributed by atoms with E-state index in [1.165, 1.54) is 18.9 Å². The summed E-state index contributed by atoms with van der Waals surface area (Å²) in [4.78, 5) is 16.1. The number of aliphatic imine (C=N–C) groups is 1. The summed E-state index contributed by atoms with van der Waals surface area (Å²) in [5.41, 5.74) is 7.14. The summed E-state index contributed by atoms with van der Waals surface area (Å²) in [7, 11) is 1.52. The van der Waals surface area contributed by atoms with Gasteiger partial charge in [0.1, 0.15) is 5.04 Å². The highest BCUT2D eigenvalue weighted by atomic mass is 32.2. The van der Waals surface area contributed by atoms with Crippen molar-refractivity contribution in [1.29, 1.82) is 0 Å². The van der Waals surface area contributed by atoms with Crippen LogP contribution in [-0.2, 0) is 4.74 Å². The number of benzene rings is 1. The van der Waals surface area contributed by atoms with Crippen molar-refractivity contribution >= 4 is 22.7 Å². The smallest absolute Gasteiger partial charge is 0.278 e. The average molecular weight is 262 g/mol. The Morgan fingerprint density at radius 1 is 1.39 bits per heavy atom. The van der Waals surface area contributed by atoms with Crippen molar-refractivity contribution in [2.24, 2.45) is 10.7 Å². The third-order valence-electron chi connectivity index (χ3n) is 2.59. The molecule has 0 atom stereocenters. The van der Waals surface area contributed by atoms with Gasteiger partial charge in [0.15, 0.2) is 5.88 Å². The van der Waals surface area contributed by atoms with Gasteiger partial charge in [-0.05, 0) is 18.6 Å². The number of hydrogen-bond acceptors (Lipinski definition) is 4. The summed E-state index contributed by atoms with van der Waals surface area (Å²) >= 11 is 1.53. The largest absolute Gasteiger partial charge is 0.482 e. The van der Waals surface area contributed by atoms with Crippen LogP contribution >= 0.6 is 11.8 Å². The van der Waals surface area contributed by atoms with E-state index in [0.29, 0.717) is 16.5 Å². The number of nitrogens with zero attached hydrogens (tertiary/aromatic N) is 1. The molecule has 18 heavy (non-hydrogen) atoms. The maximum atomic E-state index is 12.0. The normalized spacial score (nSPS) is 19.9. The highest BCUT2D eigenvalue weighted by Gasteiger charge is 2.21. The fourth-order valence-corrected chi connectivity index (χ4v) is 2.66. The van der Waals surface area contributed by atoms with E-state index in [1.54, 1.807) is 12.1 Å². The van der Waals surface area contributed by atoms with E-state index >= 15 is 0 Å². The molecule has 1 aliphatic heterocycles.